The second-order valence-corrected chi connectivity index (χ2v) is 4.97. The Labute approximate surface area is 97.6 Å². The van der Waals surface area contributed by atoms with Gasteiger partial charge < -0.3 is 16.6 Å². The number of hydrogen-bond acceptors (Lipinski definition) is 3. The highest BCUT2D eigenvalue weighted by Gasteiger charge is 2.29. The summed E-state index contributed by atoms with van der Waals surface area (Å²) in [6.07, 6.45) is 3.52. The van der Waals surface area contributed by atoms with Crippen molar-refractivity contribution < 1.29 is 5.11 Å². The summed E-state index contributed by atoms with van der Waals surface area (Å²) in [5.74, 6) is 0.609. The monoisotopic (exact) mass is 270 g/mol. The van der Waals surface area contributed by atoms with Gasteiger partial charge in [-0.15, -0.1) is 0 Å². The molecule has 0 aromatic heterocycles. The predicted octanol–water partition coefficient (Wildman–Crippen LogP) is 2.54. The molecule has 2 rings (SSSR count). The molecule has 0 radical (unpaired) electrons. The highest BCUT2D eigenvalue weighted by atomic mass is 79.9. The van der Waals surface area contributed by atoms with Gasteiger partial charge in [0, 0.05) is 16.1 Å². The zero-order chi connectivity index (χ0) is 11.0. The molecule has 5 N–H and O–H groups in total. The summed E-state index contributed by atoms with van der Waals surface area (Å²) in [7, 11) is 0. The fourth-order valence-corrected chi connectivity index (χ4v) is 2.54. The lowest BCUT2D eigenvalue weighted by Gasteiger charge is -2.32. The molecule has 1 aliphatic rings. The summed E-state index contributed by atoms with van der Waals surface area (Å²) in [4.78, 5) is 0. The Bertz CT molecular complexity index is 377. The van der Waals surface area contributed by atoms with E-state index in [4.69, 9.17) is 11.5 Å². The standard InChI is InChI=1S/C11H15BrN2O/c12-7-4-5-8(13)11(15)9(7)10(14)6-2-1-3-6/h4-6,10,15H,1-3,13-14H2/t10-/m0/s1. The second-order valence-electron chi connectivity index (χ2n) is 4.12. The minimum atomic E-state index is -0.114. The van der Waals surface area contributed by atoms with Crippen molar-refractivity contribution in [3.8, 4) is 5.75 Å². The van der Waals surface area contributed by atoms with Crippen molar-refractivity contribution in [3.05, 3.63) is 22.2 Å². The molecule has 0 saturated heterocycles. The number of phenols is 1. The van der Waals surface area contributed by atoms with Gasteiger partial charge in [0.05, 0.1) is 5.69 Å². The van der Waals surface area contributed by atoms with Crippen molar-refractivity contribution in [2.45, 2.75) is 25.3 Å². The first-order valence-electron chi connectivity index (χ1n) is 5.13. The van der Waals surface area contributed by atoms with Crippen LogP contribution in [-0.4, -0.2) is 5.11 Å². The van der Waals surface area contributed by atoms with Crippen molar-refractivity contribution in [2.75, 3.05) is 5.73 Å². The average molecular weight is 271 g/mol. The molecule has 1 atom stereocenters. The van der Waals surface area contributed by atoms with E-state index in [1.807, 2.05) is 6.07 Å². The van der Waals surface area contributed by atoms with Crippen molar-refractivity contribution in [1.29, 1.82) is 0 Å². The summed E-state index contributed by atoms with van der Waals surface area (Å²) in [5.41, 5.74) is 12.9. The third-order valence-corrected chi connectivity index (χ3v) is 3.88. The molecule has 0 unspecified atom stereocenters. The summed E-state index contributed by atoms with van der Waals surface area (Å²) in [5, 5.41) is 9.88. The first-order valence-corrected chi connectivity index (χ1v) is 5.93. The van der Waals surface area contributed by atoms with Crippen molar-refractivity contribution in [1.82, 2.24) is 0 Å². The van der Waals surface area contributed by atoms with E-state index in [-0.39, 0.29) is 11.8 Å². The molecule has 0 spiro atoms. The molecule has 82 valence electrons. The van der Waals surface area contributed by atoms with E-state index in [0.717, 1.165) is 22.9 Å². The van der Waals surface area contributed by atoms with E-state index in [0.29, 0.717) is 11.6 Å². The topological polar surface area (TPSA) is 72.3 Å². The van der Waals surface area contributed by atoms with Crippen molar-refractivity contribution >= 4 is 21.6 Å². The Morgan fingerprint density at radius 1 is 1.40 bits per heavy atom. The van der Waals surface area contributed by atoms with Gasteiger partial charge in [-0.25, -0.2) is 0 Å². The third-order valence-electron chi connectivity index (χ3n) is 3.19. The van der Waals surface area contributed by atoms with Gasteiger partial charge in [-0.1, -0.05) is 22.4 Å². The Morgan fingerprint density at radius 2 is 2.07 bits per heavy atom. The minimum Gasteiger partial charge on any atom is -0.505 e. The van der Waals surface area contributed by atoms with E-state index in [1.54, 1.807) is 6.07 Å². The smallest absolute Gasteiger partial charge is 0.144 e. The van der Waals surface area contributed by atoms with Crippen LogP contribution in [0.5, 0.6) is 5.75 Å². The number of rotatable bonds is 2. The zero-order valence-corrected chi connectivity index (χ0v) is 10.00. The number of halogens is 1. The van der Waals surface area contributed by atoms with Crippen LogP contribution in [0.1, 0.15) is 30.9 Å². The SMILES string of the molecule is Nc1ccc(Br)c([C@@H](N)C2CCC2)c1O. The van der Waals surface area contributed by atoms with Crippen LogP contribution in [-0.2, 0) is 0 Å². The lowest BCUT2D eigenvalue weighted by Crippen LogP contribution is -2.27. The van der Waals surface area contributed by atoms with Crippen LogP contribution in [0.4, 0.5) is 5.69 Å². The van der Waals surface area contributed by atoms with Crippen molar-refractivity contribution in [2.24, 2.45) is 11.7 Å². The average Bonchev–Trinajstić information content (AvgIpc) is 2.09. The Hall–Kier alpha value is -0.740. The van der Waals surface area contributed by atoms with Crippen LogP contribution in [0.15, 0.2) is 16.6 Å². The molecule has 1 fully saturated rings. The quantitative estimate of drug-likeness (QED) is 0.571. The molecular weight excluding hydrogens is 256 g/mol. The third kappa shape index (κ3) is 1.84. The van der Waals surface area contributed by atoms with E-state index >= 15 is 0 Å². The van der Waals surface area contributed by atoms with Crippen molar-refractivity contribution in [3.63, 3.8) is 0 Å². The maximum Gasteiger partial charge on any atom is 0.144 e. The van der Waals surface area contributed by atoms with Gasteiger partial charge in [0.25, 0.3) is 0 Å². The van der Waals surface area contributed by atoms with E-state index in [9.17, 15) is 5.11 Å². The maximum atomic E-state index is 9.88. The number of benzene rings is 1. The summed E-state index contributed by atoms with van der Waals surface area (Å²) < 4.78 is 0.841. The second kappa shape index (κ2) is 4.02. The fourth-order valence-electron chi connectivity index (χ4n) is 1.95. The van der Waals surface area contributed by atoms with Gasteiger partial charge >= 0.3 is 0 Å². The molecule has 1 saturated carbocycles. The molecule has 15 heavy (non-hydrogen) atoms. The molecule has 0 aliphatic heterocycles. The molecule has 0 amide bonds. The predicted molar refractivity (Wildman–Crippen MR) is 64.5 cm³/mol. The molecule has 1 aromatic carbocycles. The fraction of sp³-hybridized carbons (Fsp3) is 0.455. The largest absolute Gasteiger partial charge is 0.505 e. The Balaban J connectivity index is 2.36. The van der Waals surface area contributed by atoms with Crippen LogP contribution < -0.4 is 11.5 Å². The number of nitrogen functional groups attached to an aromatic ring is 1. The van der Waals surface area contributed by atoms with Gasteiger partial charge in [-0.05, 0) is 30.9 Å². The lowest BCUT2D eigenvalue weighted by molar-refractivity contribution is 0.260. The Morgan fingerprint density at radius 3 is 2.60 bits per heavy atom. The molecule has 1 aromatic rings. The molecule has 4 heteroatoms. The van der Waals surface area contributed by atoms with Crippen LogP contribution in [0.2, 0.25) is 0 Å². The lowest BCUT2D eigenvalue weighted by atomic mass is 9.77. The summed E-state index contributed by atoms with van der Waals surface area (Å²) >= 11 is 3.41. The van der Waals surface area contributed by atoms with E-state index < -0.39 is 0 Å². The molecule has 3 nitrogen and oxygen atoms in total. The number of anilines is 1. The molecule has 1 aliphatic carbocycles. The maximum absolute atomic E-state index is 9.88. The van der Waals surface area contributed by atoms with E-state index in [1.165, 1.54) is 6.42 Å². The normalized spacial score (nSPS) is 18.5. The van der Waals surface area contributed by atoms with Gasteiger partial charge in [0.15, 0.2) is 0 Å². The number of phenolic OH excluding ortho intramolecular Hbond substituents is 1. The molecular formula is C11H15BrN2O. The van der Waals surface area contributed by atoms with Gasteiger partial charge in [0.1, 0.15) is 5.75 Å². The highest BCUT2D eigenvalue weighted by molar-refractivity contribution is 9.10. The van der Waals surface area contributed by atoms with Crippen LogP contribution in [0.25, 0.3) is 0 Å². The number of nitrogens with two attached hydrogens (primary N) is 2. The zero-order valence-electron chi connectivity index (χ0n) is 8.41. The summed E-state index contributed by atoms with van der Waals surface area (Å²) in [6, 6.07) is 3.40. The molecule has 0 bridgehead atoms. The first-order chi connectivity index (χ1) is 7.11. The highest BCUT2D eigenvalue weighted by Crippen LogP contribution is 2.43. The summed E-state index contributed by atoms with van der Waals surface area (Å²) in [6.45, 7) is 0. The first kappa shape index (κ1) is 10.8. The van der Waals surface area contributed by atoms with E-state index in [2.05, 4.69) is 15.9 Å². The van der Waals surface area contributed by atoms with Gasteiger partial charge in [-0.3, -0.25) is 0 Å². The minimum absolute atomic E-state index is 0.114. The van der Waals surface area contributed by atoms with Crippen LogP contribution >= 0.6 is 15.9 Å². The number of aromatic hydroxyl groups is 1. The Kier molecular flexibility index (Phi) is 2.89. The molecule has 0 heterocycles. The van der Waals surface area contributed by atoms with Crippen LogP contribution in [0, 0.1) is 5.92 Å². The van der Waals surface area contributed by atoms with Gasteiger partial charge in [-0.2, -0.15) is 0 Å². The van der Waals surface area contributed by atoms with Crippen LogP contribution in [0.3, 0.4) is 0 Å². The van der Waals surface area contributed by atoms with Gasteiger partial charge in [0.2, 0.25) is 0 Å². The number of hydrogen-bond donors (Lipinski definition) is 3.